The number of nitrogens with zero attached hydrogens (tertiary/aromatic N) is 2. The van der Waals surface area contributed by atoms with Crippen molar-refractivity contribution >= 4 is 5.91 Å². The van der Waals surface area contributed by atoms with Crippen LogP contribution in [0.1, 0.15) is 28.8 Å². The number of hydrogen-bond acceptors (Lipinski definition) is 3. The van der Waals surface area contributed by atoms with E-state index in [-0.39, 0.29) is 5.91 Å². The van der Waals surface area contributed by atoms with Gasteiger partial charge in [-0.25, -0.2) is 0 Å². The van der Waals surface area contributed by atoms with Gasteiger partial charge in [-0.3, -0.25) is 9.78 Å². The Morgan fingerprint density at radius 3 is 2.43 bits per heavy atom. The number of carbonyl (C=O) groups excluding carboxylic acids is 1. The third kappa shape index (κ3) is 3.21. The van der Waals surface area contributed by atoms with Crippen LogP contribution in [0.5, 0.6) is 5.75 Å². The number of pyridine rings is 1. The molecule has 0 unspecified atom stereocenters. The Morgan fingerprint density at radius 1 is 1.19 bits per heavy atom. The van der Waals surface area contributed by atoms with Crippen LogP contribution >= 0.6 is 0 Å². The highest BCUT2D eigenvalue weighted by Gasteiger charge is 2.33. The van der Waals surface area contributed by atoms with Gasteiger partial charge in [0.1, 0.15) is 5.75 Å². The number of amides is 1. The summed E-state index contributed by atoms with van der Waals surface area (Å²) in [5.74, 6) is 0.843. The quantitative estimate of drug-likeness (QED) is 0.847. The van der Waals surface area contributed by atoms with Gasteiger partial charge in [0.25, 0.3) is 5.91 Å². The Morgan fingerprint density at radius 2 is 1.86 bits per heavy atom. The number of carbonyl (C=O) groups is 1. The van der Waals surface area contributed by atoms with E-state index in [0.29, 0.717) is 18.2 Å². The van der Waals surface area contributed by atoms with Gasteiger partial charge in [0.15, 0.2) is 0 Å². The first-order valence-corrected chi connectivity index (χ1v) is 7.12. The van der Waals surface area contributed by atoms with E-state index in [9.17, 15) is 4.79 Å². The van der Waals surface area contributed by atoms with Crippen molar-refractivity contribution in [3.63, 3.8) is 0 Å². The average Bonchev–Trinajstić information content (AvgIpc) is 3.38. The number of methoxy groups -OCH3 is 1. The lowest BCUT2D eigenvalue weighted by Gasteiger charge is -2.22. The van der Waals surface area contributed by atoms with Crippen LogP contribution < -0.4 is 4.74 Å². The number of rotatable bonds is 5. The molecule has 1 aromatic heterocycles. The zero-order valence-electron chi connectivity index (χ0n) is 12.0. The molecule has 1 saturated carbocycles. The fourth-order valence-corrected chi connectivity index (χ4v) is 2.34. The Bertz CT molecular complexity index is 606. The van der Waals surface area contributed by atoms with E-state index in [2.05, 4.69) is 4.98 Å². The van der Waals surface area contributed by atoms with Crippen molar-refractivity contribution in [2.75, 3.05) is 7.11 Å². The van der Waals surface area contributed by atoms with Gasteiger partial charge in [0.2, 0.25) is 0 Å². The molecular weight excluding hydrogens is 264 g/mol. The van der Waals surface area contributed by atoms with Crippen molar-refractivity contribution in [3.8, 4) is 5.75 Å². The molecule has 0 bridgehead atoms. The molecule has 1 fully saturated rings. The molecule has 0 radical (unpaired) electrons. The lowest BCUT2D eigenvalue weighted by Crippen LogP contribution is -2.32. The van der Waals surface area contributed by atoms with Gasteiger partial charge in [-0.15, -0.1) is 0 Å². The van der Waals surface area contributed by atoms with Crippen LogP contribution in [0.2, 0.25) is 0 Å². The molecule has 108 valence electrons. The highest BCUT2D eigenvalue weighted by Crippen LogP contribution is 2.30. The zero-order chi connectivity index (χ0) is 14.7. The van der Waals surface area contributed by atoms with Crippen LogP contribution in [-0.2, 0) is 6.54 Å². The molecule has 1 aromatic carbocycles. The maximum atomic E-state index is 12.7. The summed E-state index contributed by atoms with van der Waals surface area (Å²) in [5, 5.41) is 0. The van der Waals surface area contributed by atoms with E-state index in [1.807, 2.05) is 41.3 Å². The first-order chi connectivity index (χ1) is 10.3. The standard InChI is InChI=1S/C17H18N2O2/c1-21-16-6-2-14(3-7-16)17(20)19(15-4-5-15)12-13-8-10-18-11-9-13/h2-3,6-11,15H,4-5,12H2,1H3. The molecule has 1 heterocycles. The van der Waals surface area contributed by atoms with Crippen molar-refractivity contribution in [2.24, 2.45) is 0 Å². The van der Waals surface area contributed by atoms with Crippen LogP contribution in [0, 0.1) is 0 Å². The van der Waals surface area contributed by atoms with E-state index in [1.165, 1.54) is 0 Å². The average molecular weight is 282 g/mol. The summed E-state index contributed by atoms with van der Waals surface area (Å²) < 4.78 is 5.13. The monoisotopic (exact) mass is 282 g/mol. The van der Waals surface area contributed by atoms with Gasteiger partial charge in [0, 0.05) is 30.5 Å². The lowest BCUT2D eigenvalue weighted by molar-refractivity contribution is 0.0730. The minimum Gasteiger partial charge on any atom is -0.497 e. The van der Waals surface area contributed by atoms with Crippen LogP contribution in [0.3, 0.4) is 0 Å². The SMILES string of the molecule is COc1ccc(C(=O)N(Cc2ccncc2)C2CC2)cc1. The van der Waals surface area contributed by atoms with Crippen LogP contribution in [-0.4, -0.2) is 28.9 Å². The zero-order valence-corrected chi connectivity index (χ0v) is 12.0. The number of aromatic nitrogens is 1. The highest BCUT2D eigenvalue weighted by molar-refractivity contribution is 5.94. The highest BCUT2D eigenvalue weighted by atomic mass is 16.5. The predicted octanol–water partition coefficient (Wildman–Crippen LogP) is 2.90. The molecule has 1 aliphatic rings. The third-order valence-corrected chi connectivity index (χ3v) is 3.69. The maximum absolute atomic E-state index is 12.7. The van der Waals surface area contributed by atoms with Crippen LogP contribution in [0.4, 0.5) is 0 Å². The predicted molar refractivity (Wildman–Crippen MR) is 80.1 cm³/mol. The lowest BCUT2D eigenvalue weighted by atomic mass is 10.1. The second-order valence-corrected chi connectivity index (χ2v) is 5.25. The molecule has 2 aromatic rings. The second-order valence-electron chi connectivity index (χ2n) is 5.25. The van der Waals surface area contributed by atoms with E-state index < -0.39 is 0 Å². The summed E-state index contributed by atoms with van der Waals surface area (Å²) >= 11 is 0. The molecule has 0 atom stereocenters. The van der Waals surface area contributed by atoms with Crippen molar-refractivity contribution in [1.82, 2.24) is 9.88 Å². The molecule has 0 aliphatic heterocycles. The molecule has 0 spiro atoms. The topological polar surface area (TPSA) is 42.4 Å². The summed E-state index contributed by atoms with van der Waals surface area (Å²) in [6.07, 6.45) is 5.70. The molecule has 3 rings (SSSR count). The van der Waals surface area contributed by atoms with Gasteiger partial charge >= 0.3 is 0 Å². The van der Waals surface area contributed by atoms with Crippen LogP contribution in [0.25, 0.3) is 0 Å². The summed E-state index contributed by atoms with van der Waals surface area (Å²) in [5.41, 5.74) is 1.82. The van der Waals surface area contributed by atoms with Gasteiger partial charge < -0.3 is 9.64 Å². The Hall–Kier alpha value is -2.36. The molecule has 0 N–H and O–H groups in total. The second kappa shape index (κ2) is 5.95. The summed E-state index contributed by atoms with van der Waals surface area (Å²) in [4.78, 5) is 18.7. The number of benzene rings is 1. The van der Waals surface area contributed by atoms with Gasteiger partial charge in [0.05, 0.1) is 7.11 Å². The van der Waals surface area contributed by atoms with Crippen molar-refractivity contribution in [1.29, 1.82) is 0 Å². The molecule has 21 heavy (non-hydrogen) atoms. The van der Waals surface area contributed by atoms with E-state index in [4.69, 9.17) is 4.74 Å². The van der Waals surface area contributed by atoms with Crippen molar-refractivity contribution in [2.45, 2.75) is 25.4 Å². The van der Waals surface area contributed by atoms with E-state index in [0.717, 1.165) is 24.2 Å². The summed E-state index contributed by atoms with van der Waals surface area (Å²) in [7, 11) is 1.62. The summed E-state index contributed by atoms with van der Waals surface area (Å²) in [6.45, 7) is 0.637. The minimum atomic E-state index is 0.0805. The Kier molecular flexibility index (Phi) is 3.86. The smallest absolute Gasteiger partial charge is 0.254 e. The normalized spacial score (nSPS) is 13.8. The maximum Gasteiger partial charge on any atom is 0.254 e. The molecule has 1 aliphatic carbocycles. The fourth-order valence-electron chi connectivity index (χ4n) is 2.34. The minimum absolute atomic E-state index is 0.0805. The van der Waals surface area contributed by atoms with Crippen LogP contribution in [0.15, 0.2) is 48.8 Å². The molecular formula is C17H18N2O2. The van der Waals surface area contributed by atoms with Crippen molar-refractivity contribution < 1.29 is 9.53 Å². The molecule has 4 heteroatoms. The first-order valence-electron chi connectivity index (χ1n) is 7.12. The first kappa shape index (κ1) is 13.6. The number of ether oxygens (including phenoxy) is 1. The Labute approximate surface area is 124 Å². The molecule has 1 amide bonds. The van der Waals surface area contributed by atoms with Gasteiger partial charge in [-0.1, -0.05) is 0 Å². The Balaban J connectivity index is 1.78. The third-order valence-electron chi connectivity index (χ3n) is 3.69. The molecule has 4 nitrogen and oxygen atoms in total. The number of hydrogen-bond donors (Lipinski definition) is 0. The van der Waals surface area contributed by atoms with Gasteiger partial charge in [-0.05, 0) is 54.8 Å². The fraction of sp³-hybridized carbons (Fsp3) is 0.294. The van der Waals surface area contributed by atoms with E-state index in [1.54, 1.807) is 19.5 Å². The van der Waals surface area contributed by atoms with E-state index >= 15 is 0 Å². The largest absolute Gasteiger partial charge is 0.497 e. The summed E-state index contributed by atoms with van der Waals surface area (Å²) in [6, 6.07) is 11.6. The van der Waals surface area contributed by atoms with Gasteiger partial charge in [-0.2, -0.15) is 0 Å². The van der Waals surface area contributed by atoms with Crippen molar-refractivity contribution in [3.05, 3.63) is 59.9 Å². The molecule has 0 saturated heterocycles.